The molecule has 4 heteroatoms. The first-order chi connectivity index (χ1) is 8.20. The third-order valence-corrected chi connectivity index (χ3v) is 3.06. The molecule has 0 fully saturated rings. The molecule has 1 aromatic carbocycles. The highest BCUT2D eigenvalue weighted by Gasteiger charge is 2.10. The number of aromatic nitrogens is 3. The maximum Gasteiger partial charge on any atom is 0.163 e. The molecule has 0 aliphatic rings. The van der Waals surface area contributed by atoms with E-state index in [0.29, 0.717) is 5.82 Å². The summed E-state index contributed by atoms with van der Waals surface area (Å²) in [4.78, 5) is 0. The van der Waals surface area contributed by atoms with Gasteiger partial charge in [0, 0.05) is 5.39 Å². The molecule has 0 saturated carbocycles. The molecule has 0 radical (unpaired) electrons. The van der Waals surface area contributed by atoms with Gasteiger partial charge in [-0.1, -0.05) is 12.1 Å². The van der Waals surface area contributed by atoms with Crippen LogP contribution in [0, 0.1) is 13.8 Å². The van der Waals surface area contributed by atoms with Gasteiger partial charge in [0.1, 0.15) is 6.61 Å². The lowest BCUT2D eigenvalue weighted by molar-refractivity contribution is 0.270. The molecule has 0 atom stereocenters. The monoisotopic (exact) mass is 227 g/mol. The summed E-state index contributed by atoms with van der Waals surface area (Å²) in [6, 6.07) is 8.27. The summed E-state index contributed by atoms with van der Waals surface area (Å²) in [5.74, 6) is 0.579. The highest BCUT2D eigenvalue weighted by molar-refractivity contribution is 5.86. The fourth-order valence-corrected chi connectivity index (χ4v) is 2.22. The largest absolute Gasteiger partial charge is 0.388 e. The van der Waals surface area contributed by atoms with Gasteiger partial charge in [0.2, 0.25) is 0 Å². The summed E-state index contributed by atoms with van der Waals surface area (Å²) < 4.78 is 1.91. The summed E-state index contributed by atoms with van der Waals surface area (Å²) in [5.41, 5.74) is 4.19. The van der Waals surface area contributed by atoms with Crippen molar-refractivity contribution in [2.24, 2.45) is 0 Å². The number of fused-ring (bicyclic) bond motifs is 3. The summed E-state index contributed by atoms with van der Waals surface area (Å²) in [6.07, 6.45) is 0. The van der Waals surface area contributed by atoms with E-state index in [1.54, 1.807) is 0 Å². The zero-order valence-electron chi connectivity index (χ0n) is 9.81. The average molecular weight is 227 g/mol. The molecule has 2 aromatic heterocycles. The minimum Gasteiger partial charge on any atom is -0.388 e. The van der Waals surface area contributed by atoms with Crippen molar-refractivity contribution in [1.29, 1.82) is 0 Å². The lowest BCUT2D eigenvalue weighted by atomic mass is 10.1. The number of aliphatic hydroxyl groups excluding tert-OH is 1. The maximum atomic E-state index is 9.30. The topological polar surface area (TPSA) is 50.4 Å². The van der Waals surface area contributed by atoms with Crippen molar-refractivity contribution in [3.63, 3.8) is 0 Å². The molecule has 0 aliphatic carbocycles. The van der Waals surface area contributed by atoms with Gasteiger partial charge in [0.25, 0.3) is 0 Å². The molecule has 0 bridgehead atoms. The zero-order chi connectivity index (χ0) is 12.0. The van der Waals surface area contributed by atoms with Gasteiger partial charge in [-0.05, 0) is 37.1 Å². The first-order valence-electron chi connectivity index (χ1n) is 5.55. The molecule has 4 nitrogen and oxygen atoms in total. The van der Waals surface area contributed by atoms with E-state index in [-0.39, 0.29) is 6.61 Å². The highest BCUT2D eigenvalue weighted by atomic mass is 16.3. The van der Waals surface area contributed by atoms with Crippen molar-refractivity contribution in [2.45, 2.75) is 20.5 Å². The van der Waals surface area contributed by atoms with Crippen LogP contribution in [0.25, 0.3) is 16.6 Å². The highest BCUT2D eigenvalue weighted by Crippen LogP contribution is 2.22. The van der Waals surface area contributed by atoms with Crippen LogP contribution in [-0.2, 0) is 6.61 Å². The van der Waals surface area contributed by atoms with Crippen LogP contribution in [-0.4, -0.2) is 19.7 Å². The fraction of sp³-hybridized carbons (Fsp3) is 0.231. The normalized spacial score (nSPS) is 11.5. The lowest BCUT2D eigenvalue weighted by Crippen LogP contribution is -1.97. The molecular formula is C13H13N3O. The van der Waals surface area contributed by atoms with Crippen LogP contribution in [0.1, 0.15) is 17.0 Å². The van der Waals surface area contributed by atoms with Crippen LogP contribution in [0.3, 0.4) is 0 Å². The third kappa shape index (κ3) is 1.41. The van der Waals surface area contributed by atoms with Gasteiger partial charge in [0.15, 0.2) is 11.5 Å². The summed E-state index contributed by atoms with van der Waals surface area (Å²) >= 11 is 0. The second kappa shape index (κ2) is 3.53. The van der Waals surface area contributed by atoms with Gasteiger partial charge in [0.05, 0.1) is 5.52 Å². The molecule has 0 saturated heterocycles. The molecule has 3 rings (SSSR count). The molecule has 0 spiro atoms. The number of hydrogen-bond acceptors (Lipinski definition) is 3. The molecule has 0 amide bonds. The lowest BCUT2D eigenvalue weighted by Gasteiger charge is -2.07. The van der Waals surface area contributed by atoms with Crippen molar-refractivity contribution >= 4 is 16.6 Å². The van der Waals surface area contributed by atoms with Crippen LogP contribution >= 0.6 is 0 Å². The molecule has 2 heterocycles. The number of nitrogens with zero attached hydrogens (tertiary/aromatic N) is 3. The first kappa shape index (κ1) is 10.2. The van der Waals surface area contributed by atoms with Gasteiger partial charge < -0.3 is 5.11 Å². The number of hydrogen-bond donors (Lipinski definition) is 1. The molecule has 1 N–H and O–H groups in total. The van der Waals surface area contributed by atoms with Crippen LogP contribution in [0.15, 0.2) is 24.3 Å². The number of aliphatic hydroxyl groups is 1. The fourth-order valence-electron chi connectivity index (χ4n) is 2.22. The number of rotatable bonds is 1. The Balaban J connectivity index is 2.58. The van der Waals surface area contributed by atoms with E-state index < -0.39 is 0 Å². The maximum absolute atomic E-state index is 9.30. The molecule has 0 aliphatic heterocycles. The summed E-state index contributed by atoms with van der Waals surface area (Å²) in [6.45, 7) is 4.01. The SMILES string of the molecule is Cc1ccc2c(C)cc3nnc(CO)n3c2c1. The quantitative estimate of drug-likeness (QED) is 0.691. The van der Waals surface area contributed by atoms with E-state index in [1.807, 2.05) is 10.5 Å². The van der Waals surface area contributed by atoms with Crippen molar-refractivity contribution in [3.8, 4) is 0 Å². The predicted octanol–water partition coefficient (Wildman–Crippen LogP) is 1.99. The van der Waals surface area contributed by atoms with Gasteiger partial charge in [-0.3, -0.25) is 4.40 Å². The van der Waals surface area contributed by atoms with Gasteiger partial charge >= 0.3 is 0 Å². The van der Waals surface area contributed by atoms with E-state index >= 15 is 0 Å². The van der Waals surface area contributed by atoms with Crippen molar-refractivity contribution < 1.29 is 5.11 Å². The Kier molecular flexibility index (Phi) is 2.12. The Morgan fingerprint density at radius 1 is 1.18 bits per heavy atom. The molecular weight excluding hydrogens is 214 g/mol. The molecule has 86 valence electrons. The Labute approximate surface area is 98.5 Å². The predicted molar refractivity (Wildman–Crippen MR) is 65.9 cm³/mol. The number of aryl methyl sites for hydroxylation is 2. The van der Waals surface area contributed by atoms with Crippen molar-refractivity contribution in [1.82, 2.24) is 14.6 Å². The van der Waals surface area contributed by atoms with E-state index in [9.17, 15) is 5.11 Å². The Morgan fingerprint density at radius 2 is 2.00 bits per heavy atom. The molecule has 17 heavy (non-hydrogen) atoms. The number of pyridine rings is 1. The first-order valence-corrected chi connectivity index (χ1v) is 5.55. The smallest absolute Gasteiger partial charge is 0.163 e. The van der Waals surface area contributed by atoms with E-state index in [0.717, 1.165) is 16.6 Å². The summed E-state index contributed by atoms with van der Waals surface area (Å²) in [5, 5.41) is 18.5. The van der Waals surface area contributed by atoms with Gasteiger partial charge in [-0.15, -0.1) is 10.2 Å². The van der Waals surface area contributed by atoms with Gasteiger partial charge in [-0.25, -0.2) is 0 Å². The molecule has 0 unspecified atom stereocenters. The Morgan fingerprint density at radius 3 is 2.76 bits per heavy atom. The third-order valence-electron chi connectivity index (χ3n) is 3.06. The summed E-state index contributed by atoms with van der Waals surface area (Å²) in [7, 11) is 0. The van der Waals surface area contributed by atoms with E-state index in [1.165, 1.54) is 11.1 Å². The minimum atomic E-state index is -0.104. The molecule has 3 aromatic rings. The zero-order valence-corrected chi connectivity index (χ0v) is 9.81. The minimum absolute atomic E-state index is 0.104. The van der Waals surface area contributed by atoms with Crippen LogP contribution in [0.5, 0.6) is 0 Å². The van der Waals surface area contributed by atoms with Crippen LogP contribution in [0.4, 0.5) is 0 Å². The van der Waals surface area contributed by atoms with E-state index in [2.05, 4.69) is 42.2 Å². The van der Waals surface area contributed by atoms with Gasteiger partial charge in [-0.2, -0.15) is 0 Å². The second-order valence-corrected chi connectivity index (χ2v) is 4.32. The van der Waals surface area contributed by atoms with Crippen LogP contribution in [0.2, 0.25) is 0 Å². The number of benzene rings is 1. The average Bonchev–Trinajstić information content (AvgIpc) is 2.71. The Hall–Kier alpha value is -1.94. The van der Waals surface area contributed by atoms with Crippen LogP contribution < -0.4 is 0 Å². The standard InChI is InChI=1S/C13H13N3O/c1-8-3-4-10-9(2)6-12-14-15-13(7-17)16(12)11(10)5-8/h3-6,17H,7H2,1-2H3. The van der Waals surface area contributed by atoms with Crippen molar-refractivity contribution in [3.05, 3.63) is 41.2 Å². The second-order valence-electron chi connectivity index (χ2n) is 4.32. The van der Waals surface area contributed by atoms with Crippen molar-refractivity contribution in [2.75, 3.05) is 0 Å². The van der Waals surface area contributed by atoms with E-state index in [4.69, 9.17) is 0 Å². The Bertz CT molecular complexity index is 715.